The molecule has 176 valence electrons. The van der Waals surface area contributed by atoms with Crippen molar-refractivity contribution in [1.82, 2.24) is 9.47 Å². The normalized spacial score (nSPS) is 16.4. The van der Waals surface area contributed by atoms with Crippen LogP contribution in [-0.2, 0) is 6.42 Å². The zero-order chi connectivity index (χ0) is 23.2. The molecule has 4 aromatic rings. The van der Waals surface area contributed by atoms with E-state index in [4.69, 9.17) is 18.4 Å². The first-order chi connectivity index (χ1) is 16.6. The zero-order valence-corrected chi connectivity index (χ0v) is 18.3. The van der Waals surface area contributed by atoms with Crippen molar-refractivity contribution in [2.45, 2.75) is 6.42 Å². The van der Waals surface area contributed by atoms with E-state index in [-0.39, 0.29) is 5.71 Å². The summed E-state index contributed by atoms with van der Waals surface area (Å²) in [6, 6.07) is 10.1. The summed E-state index contributed by atoms with van der Waals surface area (Å²) in [7, 11) is 0. The Morgan fingerprint density at radius 1 is 0.941 bits per heavy atom. The maximum Gasteiger partial charge on any atom is 0.442 e. The van der Waals surface area contributed by atoms with Gasteiger partial charge in [0.25, 0.3) is 0 Å². The summed E-state index contributed by atoms with van der Waals surface area (Å²) >= 11 is 0. The second-order valence-electron chi connectivity index (χ2n) is 8.39. The minimum absolute atomic E-state index is 0.136. The number of ether oxygens (including phenoxy) is 2. The fourth-order valence-corrected chi connectivity index (χ4v) is 4.75. The molecule has 0 radical (unpaired) electrons. The third-order valence-corrected chi connectivity index (χ3v) is 6.41. The first kappa shape index (κ1) is 20.8. The molecule has 0 saturated carbocycles. The molecule has 6 rings (SSSR count). The summed E-state index contributed by atoms with van der Waals surface area (Å²) in [5.74, 6) is 1.16. The molecule has 0 spiro atoms. The van der Waals surface area contributed by atoms with E-state index in [1.165, 1.54) is 22.8 Å². The van der Waals surface area contributed by atoms with Crippen LogP contribution in [0.25, 0.3) is 16.6 Å². The number of benzene rings is 2. The van der Waals surface area contributed by atoms with Crippen LogP contribution in [0.5, 0.6) is 11.5 Å². The smallest absolute Gasteiger partial charge is 0.442 e. The number of para-hydroxylation sites is 1. The van der Waals surface area contributed by atoms with Crippen LogP contribution >= 0.6 is 0 Å². The molecular weight excluding hydrogens is 445 g/mol. The summed E-state index contributed by atoms with van der Waals surface area (Å²) in [6.07, 6.45) is 0.505. The molecule has 1 saturated heterocycles. The van der Waals surface area contributed by atoms with Crippen molar-refractivity contribution in [1.29, 1.82) is 0 Å². The first-order valence-electron chi connectivity index (χ1n) is 11.2. The molecule has 2 aromatic heterocycles. The molecule has 34 heavy (non-hydrogen) atoms. The molecule has 10 heteroatoms. The molecular formula is C24H22FN3O6. The van der Waals surface area contributed by atoms with E-state index in [2.05, 4.69) is 9.80 Å². The number of halogens is 1. The van der Waals surface area contributed by atoms with Crippen LogP contribution < -0.4 is 25.6 Å². The summed E-state index contributed by atoms with van der Waals surface area (Å²) < 4.78 is 37.1. The van der Waals surface area contributed by atoms with Gasteiger partial charge in [0, 0.05) is 43.7 Å². The Labute approximate surface area is 192 Å². The van der Waals surface area contributed by atoms with Crippen LogP contribution in [0, 0.1) is 5.82 Å². The van der Waals surface area contributed by atoms with E-state index in [0.717, 1.165) is 43.4 Å². The van der Waals surface area contributed by atoms with Crippen LogP contribution in [0.15, 0.2) is 54.9 Å². The maximum absolute atomic E-state index is 14.0. The fraction of sp³-hybridized carbons (Fsp3) is 0.333. The van der Waals surface area contributed by atoms with Crippen molar-refractivity contribution in [2.75, 3.05) is 50.8 Å². The van der Waals surface area contributed by atoms with Gasteiger partial charge in [-0.25, -0.2) is 14.0 Å². The molecule has 1 fully saturated rings. The summed E-state index contributed by atoms with van der Waals surface area (Å²) in [6.45, 7) is 5.05. The van der Waals surface area contributed by atoms with Gasteiger partial charge in [-0.3, -0.25) is 4.90 Å². The van der Waals surface area contributed by atoms with Crippen molar-refractivity contribution >= 4 is 22.3 Å². The third kappa shape index (κ3) is 3.50. The lowest BCUT2D eigenvalue weighted by molar-refractivity contribution is 0.171. The van der Waals surface area contributed by atoms with Crippen molar-refractivity contribution in [3.63, 3.8) is 0 Å². The zero-order valence-electron chi connectivity index (χ0n) is 18.3. The van der Waals surface area contributed by atoms with Gasteiger partial charge in [-0.1, -0.05) is 6.07 Å². The predicted octanol–water partition coefficient (Wildman–Crippen LogP) is 2.27. The number of hydrogen-bond donors (Lipinski definition) is 0. The molecule has 0 atom stereocenters. The van der Waals surface area contributed by atoms with Crippen molar-refractivity contribution < 1.29 is 22.8 Å². The van der Waals surface area contributed by atoms with Crippen molar-refractivity contribution in [3.8, 4) is 11.5 Å². The number of aromatic nitrogens is 1. The quantitative estimate of drug-likeness (QED) is 0.423. The van der Waals surface area contributed by atoms with E-state index < -0.39 is 17.1 Å². The predicted molar refractivity (Wildman–Crippen MR) is 122 cm³/mol. The second-order valence-corrected chi connectivity index (χ2v) is 8.39. The average molecular weight is 467 g/mol. The van der Waals surface area contributed by atoms with Crippen LogP contribution in [0.2, 0.25) is 0 Å². The van der Waals surface area contributed by atoms with E-state index >= 15 is 0 Å². The number of nitrogens with zero attached hydrogens (tertiary/aromatic N) is 3. The topological polar surface area (TPSA) is 89.8 Å². The van der Waals surface area contributed by atoms with Crippen LogP contribution in [0.4, 0.5) is 10.1 Å². The van der Waals surface area contributed by atoms with Gasteiger partial charge >= 0.3 is 11.3 Å². The van der Waals surface area contributed by atoms with Gasteiger partial charge in [-0.05, 0) is 36.8 Å². The fourth-order valence-electron chi connectivity index (χ4n) is 4.75. The summed E-state index contributed by atoms with van der Waals surface area (Å²) in [4.78, 5) is 28.1. The molecule has 2 aromatic carbocycles. The van der Waals surface area contributed by atoms with Crippen molar-refractivity contribution in [2.24, 2.45) is 0 Å². The molecule has 0 N–H and O–H groups in total. The maximum atomic E-state index is 14.0. The number of anilines is 1. The largest absolute Gasteiger partial charge is 0.486 e. The van der Waals surface area contributed by atoms with Crippen LogP contribution in [0.3, 0.4) is 0 Å². The highest BCUT2D eigenvalue weighted by atomic mass is 19.1. The Kier molecular flexibility index (Phi) is 5.02. The number of hydrogen-bond acceptors (Lipinski definition) is 8. The van der Waals surface area contributed by atoms with E-state index in [9.17, 15) is 14.0 Å². The van der Waals surface area contributed by atoms with Crippen LogP contribution in [0.1, 0.15) is 5.56 Å². The Bertz CT molecular complexity index is 1500. The summed E-state index contributed by atoms with van der Waals surface area (Å²) in [5, 5.41) is 0.559. The molecule has 0 aliphatic carbocycles. The van der Waals surface area contributed by atoms with E-state index in [1.807, 2.05) is 18.2 Å². The molecule has 4 heterocycles. The number of rotatable bonds is 4. The van der Waals surface area contributed by atoms with Gasteiger partial charge < -0.3 is 23.3 Å². The summed E-state index contributed by atoms with van der Waals surface area (Å²) in [5.41, 5.74) is 0.107. The van der Waals surface area contributed by atoms with Gasteiger partial charge in [0.15, 0.2) is 11.5 Å². The first-order valence-corrected chi connectivity index (χ1v) is 11.2. The van der Waals surface area contributed by atoms with E-state index in [1.54, 1.807) is 0 Å². The third-order valence-electron chi connectivity index (χ3n) is 6.41. The van der Waals surface area contributed by atoms with E-state index in [0.29, 0.717) is 42.6 Å². The monoisotopic (exact) mass is 467 g/mol. The Morgan fingerprint density at radius 3 is 2.62 bits per heavy atom. The van der Waals surface area contributed by atoms with Crippen molar-refractivity contribution in [3.05, 3.63) is 68.6 Å². The molecule has 0 amide bonds. The van der Waals surface area contributed by atoms with Gasteiger partial charge in [0.05, 0.1) is 11.2 Å². The lowest BCUT2D eigenvalue weighted by Gasteiger charge is -2.37. The minimum atomic E-state index is -1.10. The minimum Gasteiger partial charge on any atom is -0.486 e. The Balaban J connectivity index is 1.21. The highest BCUT2D eigenvalue weighted by Gasteiger charge is 2.25. The Hall–Kier alpha value is -3.79. The average Bonchev–Trinajstić information content (AvgIpc) is 3.14. The van der Waals surface area contributed by atoms with Gasteiger partial charge in [-0.15, -0.1) is 4.57 Å². The lowest BCUT2D eigenvalue weighted by Crippen LogP contribution is -2.47. The van der Waals surface area contributed by atoms with Gasteiger partial charge in [0.2, 0.25) is 5.71 Å². The highest BCUT2D eigenvalue weighted by molar-refractivity contribution is 5.89. The molecule has 0 bridgehead atoms. The SMILES string of the molecule is O=c1oc2c(CCN3CCN(c4cccc5c4OCCO5)CC3)c3cc(F)ccc3n2oc1=O. The molecule has 2 aliphatic heterocycles. The molecule has 9 nitrogen and oxygen atoms in total. The Morgan fingerprint density at radius 2 is 1.76 bits per heavy atom. The van der Waals surface area contributed by atoms with Crippen LogP contribution in [-0.4, -0.2) is 55.4 Å². The highest BCUT2D eigenvalue weighted by Crippen LogP contribution is 2.39. The number of piperazine rings is 1. The second kappa shape index (κ2) is 8.21. The van der Waals surface area contributed by atoms with Gasteiger partial charge in [-0.2, -0.15) is 0 Å². The van der Waals surface area contributed by atoms with Gasteiger partial charge in [0.1, 0.15) is 19.0 Å². The lowest BCUT2D eigenvalue weighted by atomic mass is 10.1. The number of fused-ring (bicyclic) bond motifs is 4. The molecule has 2 aliphatic rings. The standard InChI is InChI=1S/C24H22FN3O6/c25-15-4-5-18-17(14-15)16(22-28(18)34-24(30)23(29)33-22)6-7-26-8-10-27(11-9-26)19-2-1-3-20-21(19)32-13-12-31-20/h1-5,14H,6-13H2. The molecule has 0 unspecified atom stereocenters.